The SMILES string of the molecule is O=[N+]([O-])O.OCCCCO. The number of nitrogens with zero attached hydrogens (tertiary/aromatic N) is 1. The molecule has 0 aliphatic rings. The van der Waals surface area contributed by atoms with Crippen molar-refractivity contribution in [3.8, 4) is 0 Å². The standard InChI is InChI=1S/C4H10O2.HNO3/c5-3-1-2-4-6;2-1(3)4/h5-6H,1-4H2;(H,2,3,4). The van der Waals surface area contributed by atoms with Gasteiger partial charge in [0.05, 0.1) is 0 Å². The Morgan fingerprint density at radius 1 is 1.20 bits per heavy atom. The molecule has 6 nitrogen and oxygen atoms in total. The van der Waals surface area contributed by atoms with Gasteiger partial charge in [-0.3, -0.25) is 0 Å². The van der Waals surface area contributed by atoms with E-state index in [4.69, 9.17) is 25.5 Å². The van der Waals surface area contributed by atoms with Crippen LogP contribution < -0.4 is 0 Å². The van der Waals surface area contributed by atoms with Gasteiger partial charge in [0.15, 0.2) is 0 Å². The summed E-state index contributed by atoms with van der Waals surface area (Å²) in [7, 11) is 0. The van der Waals surface area contributed by atoms with Gasteiger partial charge in [-0.05, 0) is 12.8 Å². The topological polar surface area (TPSA) is 104 Å². The Hall–Kier alpha value is -0.880. The van der Waals surface area contributed by atoms with Crippen molar-refractivity contribution < 1.29 is 20.5 Å². The van der Waals surface area contributed by atoms with Crippen molar-refractivity contribution in [3.63, 3.8) is 0 Å². The van der Waals surface area contributed by atoms with Crippen LogP contribution >= 0.6 is 0 Å². The van der Waals surface area contributed by atoms with Gasteiger partial charge in [0.1, 0.15) is 0 Å². The molecule has 0 aliphatic carbocycles. The molecule has 0 rings (SSSR count). The molecule has 0 saturated carbocycles. The molecule has 62 valence electrons. The van der Waals surface area contributed by atoms with E-state index < -0.39 is 5.09 Å². The maximum atomic E-state index is 8.36. The molecule has 0 bridgehead atoms. The molecule has 6 heteroatoms. The first-order valence-corrected chi connectivity index (χ1v) is 2.70. The lowest BCUT2D eigenvalue weighted by molar-refractivity contribution is -0.742. The molecule has 0 amide bonds. The summed E-state index contributed by atoms with van der Waals surface area (Å²) in [6, 6.07) is 0. The summed E-state index contributed by atoms with van der Waals surface area (Å²) in [5.74, 6) is 0. The molecule has 0 aromatic rings. The van der Waals surface area contributed by atoms with E-state index in [1.165, 1.54) is 0 Å². The van der Waals surface area contributed by atoms with Gasteiger partial charge in [0.2, 0.25) is 0 Å². The van der Waals surface area contributed by atoms with Crippen molar-refractivity contribution in [2.24, 2.45) is 0 Å². The molecule has 0 spiro atoms. The Kier molecular flexibility index (Phi) is 13.0. The zero-order chi connectivity index (χ0) is 8.41. The predicted molar refractivity (Wildman–Crippen MR) is 32.2 cm³/mol. The number of hydrogen-bond acceptors (Lipinski definition) is 4. The Balaban J connectivity index is 0. The molecule has 0 saturated heterocycles. The highest BCUT2D eigenvalue weighted by atomic mass is 16.9. The van der Waals surface area contributed by atoms with Gasteiger partial charge in [-0.1, -0.05) is 0 Å². The molecule has 0 radical (unpaired) electrons. The van der Waals surface area contributed by atoms with Crippen molar-refractivity contribution in [1.82, 2.24) is 0 Å². The summed E-state index contributed by atoms with van der Waals surface area (Å²) in [6.07, 6.45) is 1.44. The van der Waals surface area contributed by atoms with E-state index in [9.17, 15) is 0 Å². The molecular weight excluding hydrogens is 142 g/mol. The molecule has 0 atom stereocenters. The lowest BCUT2D eigenvalue weighted by atomic mass is 10.3. The van der Waals surface area contributed by atoms with Crippen LogP contribution in [0.5, 0.6) is 0 Å². The van der Waals surface area contributed by atoms with E-state index in [1.54, 1.807) is 0 Å². The van der Waals surface area contributed by atoms with Gasteiger partial charge >= 0.3 is 0 Å². The number of aliphatic hydroxyl groups excluding tert-OH is 2. The highest BCUT2D eigenvalue weighted by Crippen LogP contribution is 1.80. The summed E-state index contributed by atoms with van der Waals surface area (Å²) in [4.78, 5) is 8.36. The summed E-state index contributed by atoms with van der Waals surface area (Å²) in [6.45, 7) is 0.390. The van der Waals surface area contributed by atoms with Crippen molar-refractivity contribution in [2.75, 3.05) is 13.2 Å². The van der Waals surface area contributed by atoms with Gasteiger partial charge in [-0.15, -0.1) is 10.1 Å². The van der Waals surface area contributed by atoms with Gasteiger partial charge in [-0.25, -0.2) is 0 Å². The third kappa shape index (κ3) is 59.3. The monoisotopic (exact) mass is 153 g/mol. The van der Waals surface area contributed by atoms with Crippen molar-refractivity contribution >= 4 is 0 Å². The van der Waals surface area contributed by atoms with Gasteiger partial charge in [-0.2, -0.15) is 0 Å². The Bertz CT molecular complexity index is 68.0. The Labute approximate surface area is 57.8 Å². The number of rotatable bonds is 3. The average molecular weight is 153 g/mol. The molecular formula is C4H11NO5. The van der Waals surface area contributed by atoms with Crippen LogP contribution in [-0.4, -0.2) is 33.7 Å². The Morgan fingerprint density at radius 2 is 1.40 bits per heavy atom. The maximum absolute atomic E-state index is 8.36. The predicted octanol–water partition coefficient (Wildman–Crippen LogP) is -0.597. The van der Waals surface area contributed by atoms with Crippen molar-refractivity contribution in [3.05, 3.63) is 10.1 Å². The first-order chi connectivity index (χ1) is 4.65. The van der Waals surface area contributed by atoms with Gasteiger partial charge < -0.3 is 15.4 Å². The lowest BCUT2D eigenvalue weighted by Crippen LogP contribution is -1.85. The van der Waals surface area contributed by atoms with Crippen LogP contribution in [0.15, 0.2) is 0 Å². The zero-order valence-electron chi connectivity index (χ0n) is 5.43. The van der Waals surface area contributed by atoms with E-state index in [2.05, 4.69) is 0 Å². The second-order valence-corrected chi connectivity index (χ2v) is 1.39. The first-order valence-electron chi connectivity index (χ1n) is 2.70. The first kappa shape index (κ1) is 11.9. The Morgan fingerprint density at radius 3 is 1.50 bits per heavy atom. The fourth-order valence-electron chi connectivity index (χ4n) is 0.224. The van der Waals surface area contributed by atoms with Crippen LogP contribution in [0, 0.1) is 10.1 Å². The molecule has 0 heterocycles. The average Bonchev–Trinajstić information content (AvgIpc) is 1.82. The van der Waals surface area contributed by atoms with Crippen LogP contribution in [0.1, 0.15) is 12.8 Å². The molecule has 0 aromatic heterocycles. The minimum Gasteiger partial charge on any atom is -0.396 e. The summed E-state index contributed by atoms with van der Waals surface area (Å²) in [5.41, 5.74) is 0. The minimum atomic E-state index is -1.50. The van der Waals surface area contributed by atoms with Crippen LogP contribution in [0.4, 0.5) is 0 Å². The number of hydrogen-bond donors (Lipinski definition) is 3. The smallest absolute Gasteiger partial charge is 0.291 e. The quantitative estimate of drug-likeness (QED) is 0.285. The van der Waals surface area contributed by atoms with Crippen LogP contribution in [0.2, 0.25) is 0 Å². The van der Waals surface area contributed by atoms with Crippen LogP contribution in [-0.2, 0) is 0 Å². The fraction of sp³-hybridized carbons (Fsp3) is 1.00. The van der Waals surface area contributed by atoms with Crippen LogP contribution in [0.3, 0.4) is 0 Å². The van der Waals surface area contributed by atoms with Gasteiger partial charge in [0.25, 0.3) is 5.09 Å². The lowest BCUT2D eigenvalue weighted by Gasteiger charge is -1.85. The van der Waals surface area contributed by atoms with Crippen molar-refractivity contribution in [1.29, 1.82) is 0 Å². The van der Waals surface area contributed by atoms with E-state index in [1.807, 2.05) is 0 Å². The normalized spacial score (nSPS) is 7.80. The third-order valence-corrected chi connectivity index (χ3v) is 0.566. The number of aliphatic hydroxyl groups is 2. The van der Waals surface area contributed by atoms with E-state index in [-0.39, 0.29) is 13.2 Å². The third-order valence-electron chi connectivity index (χ3n) is 0.566. The largest absolute Gasteiger partial charge is 0.396 e. The molecule has 0 aliphatic heterocycles. The van der Waals surface area contributed by atoms with E-state index in [0.717, 1.165) is 12.8 Å². The summed E-state index contributed by atoms with van der Waals surface area (Å²) in [5, 5.41) is 29.8. The zero-order valence-corrected chi connectivity index (χ0v) is 5.43. The van der Waals surface area contributed by atoms with Crippen molar-refractivity contribution in [2.45, 2.75) is 12.8 Å². The fourth-order valence-corrected chi connectivity index (χ4v) is 0.224. The molecule has 0 aromatic carbocycles. The molecule has 0 unspecified atom stereocenters. The minimum absolute atomic E-state index is 0.195. The van der Waals surface area contributed by atoms with E-state index >= 15 is 0 Å². The second-order valence-electron chi connectivity index (χ2n) is 1.39. The highest BCUT2D eigenvalue weighted by Gasteiger charge is 1.77. The highest BCUT2D eigenvalue weighted by molar-refractivity contribution is 4.30. The second kappa shape index (κ2) is 11.0. The maximum Gasteiger partial charge on any atom is 0.291 e. The molecule has 3 N–H and O–H groups in total. The molecule has 10 heavy (non-hydrogen) atoms. The number of unbranched alkanes of at least 4 members (excludes halogenated alkanes) is 1. The van der Waals surface area contributed by atoms with Crippen LogP contribution in [0.25, 0.3) is 0 Å². The summed E-state index contributed by atoms with van der Waals surface area (Å²) >= 11 is 0. The summed E-state index contributed by atoms with van der Waals surface area (Å²) < 4.78 is 0. The molecule has 0 fully saturated rings. The van der Waals surface area contributed by atoms with E-state index in [0.29, 0.717) is 0 Å². The van der Waals surface area contributed by atoms with Gasteiger partial charge in [0, 0.05) is 13.2 Å².